The lowest BCUT2D eigenvalue weighted by atomic mass is 9.88. The van der Waals surface area contributed by atoms with Gasteiger partial charge in [-0.3, -0.25) is 4.39 Å². The average molecular weight is 247 g/mol. The highest BCUT2D eigenvalue weighted by Crippen LogP contribution is 2.42. The van der Waals surface area contributed by atoms with Gasteiger partial charge in [0.05, 0.1) is 12.2 Å². The van der Waals surface area contributed by atoms with Gasteiger partial charge in [0.15, 0.2) is 0 Å². The first-order valence-electron chi connectivity index (χ1n) is 6.55. The van der Waals surface area contributed by atoms with Gasteiger partial charge in [0.25, 0.3) is 0 Å². The molecule has 0 aromatic heterocycles. The fourth-order valence-electron chi connectivity index (χ4n) is 2.76. The van der Waals surface area contributed by atoms with E-state index >= 15 is 0 Å². The smallest absolute Gasteiger partial charge is 0.235 e. The molecule has 3 heteroatoms. The van der Waals surface area contributed by atoms with Crippen molar-refractivity contribution in [1.29, 1.82) is 0 Å². The van der Waals surface area contributed by atoms with Crippen LogP contribution in [0.2, 0.25) is 0 Å². The van der Waals surface area contributed by atoms with Crippen molar-refractivity contribution < 1.29 is 9.18 Å². The largest absolute Gasteiger partial charge is 0.251 e. The third-order valence-electron chi connectivity index (χ3n) is 3.78. The van der Waals surface area contributed by atoms with Gasteiger partial charge < -0.3 is 0 Å². The molecule has 0 N–H and O–H groups in total. The minimum absolute atomic E-state index is 0.277. The Kier molecular flexibility index (Phi) is 4.27. The Morgan fingerprint density at radius 2 is 1.89 bits per heavy atom. The summed E-state index contributed by atoms with van der Waals surface area (Å²) in [7, 11) is 0. The number of aryl methyl sites for hydroxylation is 1. The van der Waals surface area contributed by atoms with Gasteiger partial charge in [0.1, 0.15) is 0 Å². The third-order valence-corrected chi connectivity index (χ3v) is 3.78. The standard InChI is InChI=1S/C15H18FNO/c16-11-3-4-13-5-7-14(8-6-13)15(17-12-18)9-1-2-10-15/h5-8H,1-4,9-11H2. The highest BCUT2D eigenvalue weighted by atomic mass is 19.1. The van der Waals surface area contributed by atoms with Gasteiger partial charge in [-0.05, 0) is 36.8 Å². The summed E-state index contributed by atoms with van der Waals surface area (Å²) in [5.41, 5.74) is 1.88. The Morgan fingerprint density at radius 3 is 2.44 bits per heavy atom. The lowest BCUT2D eigenvalue weighted by molar-refractivity contribution is 0.455. The quantitative estimate of drug-likeness (QED) is 0.576. The molecule has 1 aromatic carbocycles. The number of rotatable bonds is 5. The molecule has 1 aliphatic rings. The fourth-order valence-corrected chi connectivity index (χ4v) is 2.76. The summed E-state index contributed by atoms with van der Waals surface area (Å²) in [4.78, 5) is 14.7. The van der Waals surface area contributed by atoms with E-state index in [2.05, 4.69) is 4.99 Å². The molecule has 0 heterocycles. The van der Waals surface area contributed by atoms with Crippen molar-refractivity contribution in [3.05, 3.63) is 35.4 Å². The second-order valence-corrected chi connectivity index (χ2v) is 4.93. The maximum absolute atomic E-state index is 12.1. The predicted octanol–water partition coefficient (Wildman–Crippen LogP) is 3.69. The summed E-state index contributed by atoms with van der Waals surface area (Å²) in [6, 6.07) is 8.09. The minimum Gasteiger partial charge on any atom is -0.251 e. The third kappa shape index (κ3) is 2.68. The van der Waals surface area contributed by atoms with Gasteiger partial charge in [0, 0.05) is 0 Å². The van der Waals surface area contributed by atoms with Gasteiger partial charge in [-0.2, -0.15) is 4.99 Å². The van der Waals surface area contributed by atoms with E-state index in [9.17, 15) is 9.18 Å². The number of aliphatic imine (C=N–C) groups is 1. The lowest BCUT2D eigenvalue weighted by Crippen LogP contribution is -2.18. The monoisotopic (exact) mass is 247 g/mol. The first kappa shape index (κ1) is 13.0. The number of carbonyl (C=O) groups excluding carboxylic acids is 1. The Hall–Kier alpha value is -1.47. The van der Waals surface area contributed by atoms with Gasteiger partial charge in [0.2, 0.25) is 6.08 Å². The molecule has 1 aliphatic carbocycles. The van der Waals surface area contributed by atoms with E-state index in [1.54, 1.807) is 6.08 Å². The van der Waals surface area contributed by atoms with E-state index < -0.39 is 0 Å². The van der Waals surface area contributed by atoms with Crippen molar-refractivity contribution in [3.8, 4) is 0 Å². The lowest BCUT2D eigenvalue weighted by Gasteiger charge is -2.23. The van der Waals surface area contributed by atoms with Crippen molar-refractivity contribution in [1.82, 2.24) is 0 Å². The van der Waals surface area contributed by atoms with Crippen LogP contribution in [0.5, 0.6) is 0 Å². The molecule has 1 aromatic rings. The summed E-state index contributed by atoms with van der Waals surface area (Å²) in [5.74, 6) is 0. The van der Waals surface area contributed by atoms with Crippen LogP contribution in [0.4, 0.5) is 4.39 Å². The van der Waals surface area contributed by atoms with Crippen LogP contribution in [-0.2, 0) is 16.8 Å². The number of alkyl halides is 1. The molecule has 0 spiro atoms. The Balaban J connectivity index is 2.19. The maximum Gasteiger partial charge on any atom is 0.235 e. The molecule has 1 saturated carbocycles. The number of isocyanates is 1. The van der Waals surface area contributed by atoms with Gasteiger partial charge in [-0.1, -0.05) is 37.1 Å². The van der Waals surface area contributed by atoms with E-state index in [0.717, 1.165) is 43.2 Å². The second kappa shape index (κ2) is 5.92. The van der Waals surface area contributed by atoms with Crippen LogP contribution in [0.1, 0.15) is 43.2 Å². The van der Waals surface area contributed by atoms with Crippen molar-refractivity contribution in [2.24, 2.45) is 4.99 Å². The predicted molar refractivity (Wildman–Crippen MR) is 69.0 cm³/mol. The van der Waals surface area contributed by atoms with Crippen LogP contribution in [0.25, 0.3) is 0 Å². The number of halogens is 1. The number of benzene rings is 1. The zero-order valence-corrected chi connectivity index (χ0v) is 10.5. The zero-order chi connectivity index (χ0) is 12.8. The molecule has 0 saturated heterocycles. The SMILES string of the molecule is O=C=NC1(c2ccc(CCCF)cc2)CCCC1. The van der Waals surface area contributed by atoms with Crippen molar-refractivity contribution in [3.63, 3.8) is 0 Å². The molecule has 1 fully saturated rings. The molecule has 18 heavy (non-hydrogen) atoms. The van der Waals surface area contributed by atoms with Gasteiger partial charge in [-0.15, -0.1) is 0 Å². The fraction of sp³-hybridized carbons (Fsp3) is 0.533. The van der Waals surface area contributed by atoms with Crippen LogP contribution >= 0.6 is 0 Å². The first-order chi connectivity index (χ1) is 8.80. The molecule has 0 unspecified atom stereocenters. The molecule has 0 bridgehead atoms. The highest BCUT2D eigenvalue weighted by Gasteiger charge is 2.35. The van der Waals surface area contributed by atoms with Crippen LogP contribution in [0.15, 0.2) is 29.3 Å². The van der Waals surface area contributed by atoms with E-state index in [0.29, 0.717) is 6.42 Å². The summed E-state index contributed by atoms with van der Waals surface area (Å²) in [6.45, 7) is -0.277. The molecule has 96 valence electrons. The molecule has 2 rings (SSSR count). The number of nitrogens with zero attached hydrogens (tertiary/aromatic N) is 1. The van der Waals surface area contributed by atoms with E-state index in [-0.39, 0.29) is 12.2 Å². The zero-order valence-electron chi connectivity index (χ0n) is 10.5. The number of hydrogen-bond acceptors (Lipinski definition) is 2. The Labute approximate surface area is 107 Å². The summed E-state index contributed by atoms with van der Waals surface area (Å²) < 4.78 is 12.1. The summed E-state index contributed by atoms with van der Waals surface area (Å²) in [6.07, 6.45) is 7.11. The van der Waals surface area contributed by atoms with Crippen LogP contribution in [-0.4, -0.2) is 12.8 Å². The Bertz CT molecular complexity index is 428. The van der Waals surface area contributed by atoms with Crippen LogP contribution in [0.3, 0.4) is 0 Å². The van der Waals surface area contributed by atoms with E-state index in [1.165, 1.54) is 0 Å². The number of hydrogen-bond donors (Lipinski definition) is 0. The van der Waals surface area contributed by atoms with Crippen LogP contribution in [0, 0.1) is 0 Å². The molecule has 0 atom stereocenters. The second-order valence-electron chi connectivity index (χ2n) is 4.93. The van der Waals surface area contributed by atoms with Crippen molar-refractivity contribution in [2.75, 3.05) is 6.67 Å². The summed E-state index contributed by atoms with van der Waals surface area (Å²) >= 11 is 0. The molecule has 2 nitrogen and oxygen atoms in total. The van der Waals surface area contributed by atoms with E-state index in [4.69, 9.17) is 0 Å². The van der Waals surface area contributed by atoms with Crippen molar-refractivity contribution in [2.45, 2.75) is 44.1 Å². The molecule has 0 amide bonds. The molecular formula is C15H18FNO. The normalized spacial score (nSPS) is 17.4. The first-order valence-corrected chi connectivity index (χ1v) is 6.55. The highest BCUT2D eigenvalue weighted by molar-refractivity contribution is 5.39. The van der Waals surface area contributed by atoms with Crippen molar-refractivity contribution >= 4 is 6.08 Å². The topological polar surface area (TPSA) is 29.4 Å². The summed E-state index contributed by atoms with van der Waals surface area (Å²) in [5, 5.41) is 0. The average Bonchev–Trinajstić information content (AvgIpc) is 2.87. The van der Waals surface area contributed by atoms with Gasteiger partial charge >= 0.3 is 0 Å². The van der Waals surface area contributed by atoms with Gasteiger partial charge in [-0.25, -0.2) is 4.79 Å². The van der Waals surface area contributed by atoms with E-state index in [1.807, 2.05) is 24.3 Å². The Morgan fingerprint density at radius 1 is 1.22 bits per heavy atom. The molecular weight excluding hydrogens is 229 g/mol. The molecule has 0 aliphatic heterocycles. The maximum atomic E-state index is 12.1. The molecule has 0 radical (unpaired) electrons. The minimum atomic E-state index is -0.347. The van der Waals surface area contributed by atoms with Crippen LogP contribution < -0.4 is 0 Å².